The zero-order valence-corrected chi connectivity index (χ0v) is 7.91. The van der Waals surface area contributed by atoms with Gasteiger partial charge in [-0.05, 0) is 13.3 Å². The van der Waals surface area contributed by atoms with Crippen LogP contribution in [0.25, 0.3) is 0 Å². The summed E-state index contributed by atoms with van der Waals surface area (Å²) in [7, 11) is 0. The van der Waals surface area contributed by atoms with E-state index < -0.39 is 0 Å². The van der Waals surface area contributed by atoms with E-state index in [0.29, 0.717) is 6.04 Å². The molecule has 11 heavy (non-hydrogen) atoms. The predicted molar refractivity (Wildman–Crippen MR) is 48.8 cm³/mol. The Bertz CT molecular complexity index is 149. The molecule has 2 nitrogen and oxygen atoms in total. The number of carbonyl (C=O) groups excluding carboxylic acids is 1. The van der Waals surface area contributed by atoms with Gasteiger partial charge in [0.1, 0.15) is 0 Å². The van der Waals surface area contributed by atoms with E-state index in [0.717, 1.165) is 18.6 Å². The maximum atomic E-state index is 11.3. The van der Waals surface area contributed by atoms with Gasteiger partial charge in [-0.25, -0.2) is 0 Å². The Morgan fingerprint density at radius 2 is 2.45 bits per heavy atom. The molecule has 1 amide bonds. The molecule has 1 aliphatic rings. The molecule has 1 fully saturated rings. The minimum Gasteiger partial charge on any atom is -0.352 e. The van der Waals surface area contributed by atoms with Crippen LogP contribution in [0.1, 0.15) is 26.7 Å². The topological polar surface area (TPSA) is 29.1 Å². The second-order valence-corrected chi connectivity index (χ2v) is 4.26. The molecule has 1 aliphatic heterocycles. The molecular weight excluding hydrogens is 158 g/mol. The van der Waals surface area contributed by atoms with Crippen LogP contribution in [0.4, 0.5) is 0 Å². The lowest BCUT2D eigenvalue weighted by atomic mass is 10.2. The smallest absolute Gasteiger partial charge is 0.233 e. The maximum Gasteiger partial charge on any atom is 0.233 e. The summed E-state index contributed by atoms with van der Waals surface area (Å²) >= 11 is 1.79. The van der Waals surface area contributed by atoms with Crippen molar-refractivity contribution in [3.8, 4) is 0 Å². The molecule has 0 radical (unpaired) electrons. The van der Waals surface area contributed by atoms with Crippen LogP contribution in [-0.4, -0.2) is 23.0 Å². The molecule has 3 heteroatoms. The molecule has 1 rings (SSSR count). The first-order valence-electron chi connectivity index (χ1n) is 4.16. The predicted octanol–water partition coefficient (Wildman–Crippen LogP) is 1.41. The average molecular weight is 173 g/mol. The van der Waals surface area contributed by atoms with Crippen LogP contribution in [0.5, 0.6) is 0 Å². The Hall–Kier alpha value is -0.180. The van der Waals surface area contributed by atoms with Crippen LogP contribution >= 0.6 is 11.8 Å². The van der Waals surface area contributed by atoms with Crippen molar-refractivity contribution in [2.45, 2.75) is 38.0 Å². The molecule has 64 valence electrons. The van der Waals surface area contributed by atoms with Crippen molar-refractivity contribution in [2.75, 3.05) is 5.75 Å². The molecule has 1 heterocycles. The average Bonchev–Trinajstić information content (AvgIpc) is 1.95. The summed E-state index contributed by atoms with van der Waals surface area (Å²) in [6.07, 6.45) is 2.11. The van der Waals surface area contributed by atoms with Crippen LogP contribution < -0.4 is 5.32 Å². The van der Waals surface area contributed by atoms with Crippen molar-refractivity contribution < 1.29 is 4.79 Å². The second kappa shape index (κ2) is 4.00. The fraction of sp³-hybridized carbons (Fsp3) is 0.875. The molecule has 0 bridgehead atoms. The van der Waals surface area contributed by atoms with Gasteiger partial charge in [-0.2, -0.15) is 0 Å². The molecule has 2 atom stereocenters. The minimum atomic E-state index is 0.219. The molecule has 0 aromatic carbocycles. The standard InChI is InChI=1S/C8H15NOS/c1-3-4-7-8(10)9-6(2)5-11-7/h6-7H,3-5H2,1-2H3,(H,9,10). The molecule has 0 spiro atoms. The van der Waals surface area contributed by atoms with Crippen LogP contribution in [0.2, 0.25) is 0 Å². The number of amides is 1. The van der Waals surface area contributed by atoms with Crippen molar-refractivity contribution in [2.24, 2.45) is 0 Å². The Balaban J connectivity index is 2.38. The highest BCUT2D eigenvalue weighted by Crippen LogP contribution is 2.21. The number of hydrogen-bond donors (Lipinski definition) is 1. The molecule has 0 saturated carbocycles. The first-order chi connectivity index (χ1) is 5.24. The lowest BCUT2D eigenvalue weighted by Gasteiger charge is -2.25. The van der Waals surface area contributed by atoms with Crippen molar-refractivity contribution in [1.82, 2.24) is 5.32 Å². The summed E-state index contributed by atoms with van der Waals surface area (Å²) in [6.45, 7) is 4.17. The molecule has 0 aromatic heterocycles. The minimum absolute atomic E-state index is 0.219. The van der Waals surface area contributed by atoms with E-state index in [1.807, 2.05) is 6.92 Å². The van der Waals surface area contributed by atoms with Crippen LogP contribution in [-0.2, 0) is 4.79 Å². The van der Waals surface area contributed by atoms with E-state index in [1.165, 1.54) is 0 Å². The van der Waals surface area contributed by atoms with Crippen LogP contribution in [0.3, 0.4) is 0 Å². The van der Waals surface area contributed by atoms with E-state index in [1.54, 1.807) is 11.8 Å². The fourth-order valence-corrected chi connectivity index (χ4v) is 2.42. The Morgan fingerprint density at radius 3 is 3.00 bits per heavy atom. The molecule has 0 aliphatic carbocycles. The van der Waals surface area contributed by atoms with Gasteiger partial charge in [0.05, 0.1) is 5.25 Å². The van der Waals surface area contributed by atoms with Crippen molar-refractivity contribution in [3.63, 3.8) is 0 Å². The van der Waals surface area contributed by atoms with E-state index in [2.05, 4.69) is 12.2 Å². The van der Waals surface area contributed by atoms with E-state index in [-0.39, 0.29) is 11.2 Å². The number of hydrogen-bond acceptors (Lipinski definition) is 2. The first kappa shape index (κ1) is 8.91. The number of rotatable bonds is 2. The Kier molecular flexibility index (Phi) is 3.24. The highest BCUT2D eigenvalue weighted by molar-refractivity contribution is 8.00. The highest BCUT2D eigenvalue weighted by Gasteiger charge is 2.24. The zero-order chi connectivity index (χ0) is 8.27. The van der Waals surface area contributed by atoms with Gasteiger partial charge in [-0.1, -0.05) is 13.3 Å². The summed E-state index contributed by atoms with van der Waals surface area (Å²) in [5, 5.41) is 3.17. The summed E-state index contributed by atoms with van der Waals surface area (Å²) < 4.78 is 0. The van der Waals surface area contributed by atoms with Crippen molar-refractivity contribution in [3.05, 3.63) is 0 Å². The maximum absolute atomic E-state index is 11.3. The summed E-state index contributed by atoms with van der Waals surface area (Å²) in [4.78, 5) is 11.3. The Labute approximate surface area is 72.1 Å². The monoisotopic (exact) mass is 173 g/mol. The van der Waals surface area contributed by atoms with Crippen molar-refractivity contribution in [1.29, 1.82) is 0 Å². The third kappa shape index (κ3) is 2.40. The lowest BCUT2D eigenvalue weighted by molar-refractivity contribution is -0.121. The third-order valence-electron chi connectivity index (χ3n) is 1.78. The fourth-order valence-electron chi connectivity index (χ4n) is 1.19. The van der Waals surface area contributed by atoms with Gasteiger partial charge in [0.15, 0.2) is 0 Å². The van der Waals surface area contributed by atoms with E-state index in [9.17, 15) is 4.79 Å². The SMILES string of the molecule is CCCC1SCC(C)NC1=O. The van der Waals surface area contributed by atoms with Gasteiger partial charge in [0.2, 0.25) is 5.91 Å². The second-order valence-electron chi connectivity index (χ2n) is 3.02. The number of thioether (sulfide) groups is 1. The van der Waals surface area contributed by atoms with Crippen LogP contribution in [0.15, 0.2) is 0 Å². The molecule has 1 saturated heterocycles. The van der Waals surface area contributed by atoms with Crippen molar-refractivity contribution >= 4 is 17.7 Å². The summed E-state index contributed by atoms with van der Waals surface area (Å²) in [5.74, 6) is 1.30. The summed E-state index contributed by atoms with van der Waals surface area (Å²) in [6, 6.07) is 0.362. The molecular formula is C8H15NOS. The van der Waals surface area contributed by atoms with E-state index >= 15 is 0 Å². The Morgan fingerprint density at radius 1 is 1.73 bits per heavy atom. The van der Waals surface area contributed by atoms with Gasteiger partial charge in [0, 0.05) is 11.8 Å². The van der Waals surface area contributed by atoms with Gasteiger partial charge >= 0.3 is 0 Å². The third-order valence-corrected chi connectivity index (χ3v) is 3.32. The van der Waals surface area contributed by atoms with Gasteiger partial charge in [-0.3, -0.25) is 4.79 Å². The quantitative estimate of drug-likeness (QED) is 0.684. The largest absolute Gasteiger partial charge is 0.352 e. The molecule has 2 unspecified atom stereocenters. The molecule has 1 N–H and O–H groups in total. The van der Waals surface area contributed by atoms with E-state index in [4.69, 9.17) is 0 Å². The first-order valence-corrected chi connectivity index (χ1v) is 5.21. The normalized spacial score (nSPS) is 31.6. The molecule has 0 aromatic rings. The van der Waals surface area contributed by atoms with Crippen LogP contribution in [0, 0.1) is 0 Å². The van der Waals surface area contributed by atoms with Gasteiger partial charge in [0.25, 0.3) is 0 Å². The highest BCUT2D eigenvalue weighted by atomic mass is 32.2. The number of carbonyl (C=O) groups is 1. The van der Waals surface area contributed by atoms with Gasteiger partial charge < -0.3 is 5.32 Å². The number of nitrogens with one attached hydrogen (secondary N) is 1. The van der Waals surface area contributed by atoms with Gasteiger partial charge in [-0.15, -0.1) is 11.8 Å². The summed E-state index contributed by atoms with van der Waals surface area (Å²) in [5.41, 5.74) is 0. The lowest BCUT2D eigenvalue weighted by Crippen LogP contribution is -2.44. The zero-order valence-electron chi connectivity index (χ0n) is 7.09.